The van der Waals surface area contributed by atoms with Crippen LogP contribution in [0, 0.1) is 6.92 Å². The van der Waals surface area contributed by atoms with Gasteiger partial charge in [-0.3, -0.25) is 19.3 Å². The van der Waals surface area contributed by atoms with E-state index in [-0.39, 0.29) is 11.8 Å². The third kappa shape index (κ3) is 3.00. The molecule has 2 aliphatic rings. The van der Waals surface area contributed by atoms with Crippen LogP contribution in [0.4, 0.5) is 5.69 Å². The highest BCUT2D eigenvalue weighted by molar-refractivity contribution is 6.35. The van der Waals surface area contributed by atoms with Crippen LogP contribution in [-0.2, 0) is 23.2 Å². The Balaban J connectivity index is 1.70. The molecule has 0 fully saturated rings. The Bertz CT molecular complexity index is 1220. The first-order chi connectivity index (χ1) is 14.5. The average molecular weight is 404 g/mol. The summed E-state index contributed by atoms with van der Waals surface area (Å²) in [7, 11) is 1.84. The fraction of sp³-hybridized carbons (Fsp3) is 0.238. The van der Waals surface area contributed by atoms with E-state index in [2.05, 4.69) is 25.7 Å². The van der Waals surface area contributed by atoms with Gasteiger partial charge in [0.2, 0.25) is 0 Å². The monoisotopic (exact) mass is 404 g/mol. The normalized spacial score (nSPS) is 17.7. The molecule has 0 saturated carbocycles. The van der Waals surface area contributed by atoms with Crippen LogP contribution >= 0.6 is 0 Å². The first-order valence-electron chi connectivity index (χ1n) is 9.61. The minimum Gasteiger partial charge on any atom is -0.373 e. The maximum absolute atomic E-state index is 12.7. The summed E-state index contributed by atoms with van der Waals surface area (Å²) < 4.78 is 7.52. The number of nitrogens with zero attached hydrogens (tertiary/aromatic N) is 3. The number of ether oxygens (including phenoxy) is 1. The highest BCUT2D eigenvalue weighted by atomic mass is 16.5. The van der Waals surface area contributed by atoms with Crippen molar-refractivity contribution in [3.05, 3.63) is 52.7 Å². The first kappa shape index (κ1) is 18.3. The van der Waals surface area contributed by atoms with Crippen LogP contribution in [0.3, 0.4) is 0 Å². The van der Waals surface area contributed by atoms with Crippen LogP contribution < -0.4 is 10.6 Å². The Morgan fingerprint density at radius 2 is 1.97 bits per heavy atom. The minimum absolute atomic E-state index is 0.222. The molecule has 2 bridgehead atoms. The summed E-state index contributed by atoms with van der Waals surface area (Å²) in [4.78, 5) is 33.1. The van der Waals surface area contributed by atoms with E-state index in [0.717, 1.165) is 22.5 Å². The average Bonchev–Trinajstić information content (AvgIpc) is 3.37. The van der Waals surface area contributed by atoms with E-state index in [4.69, 9.17) is 4.74 Å². The second kappa shape index (κ2) is 6.96. The molecule has 0 atom stereocenters. The minimum atomic E-state index is -0.235. The second-order valence-electron chi connectivity index (χ2n) is 7.34. The second-order valence-corrected chi connectivity index (χ2v) is 7.34. The zero-order chi connectivity index (χ0) is 20.8. The van der Waals surface area contributed by atoms with Crippen LogP contribution in [0.15, 0.2) is 24.5 Å². The lowest BCUT2D eigenvalue weighted by Gasteiger charge is -2.09. The molecule has 5 heterocycles. The molecule has 0 unspecified atom stereocenters. The lowest BCUT2D eigenvalue weighted by Crippen LogP contribution is -2.27. The lowest BCUT2D eigenvalue weighted by molar-refractivity contribution is -0.110. The van der Waals surface area contributed by atoms with Crippen molar-refractivity contribution in [2.45, 2.75) is 13.5 Å². The van der Waals surface area contributed by atoms with Crippen LogP contribution in [0.2, 0.25) is 0 Å². The number of hydrogen-bond donors (Lipinski definition) is 3. The number of carbonyl (C=O) groups is 2. The summed E-state index contributed by atoms with van der Waals surface area (Å²) in [6.07, 6.45) is 5.10. The molecular formula is C21H20N6O3. The van der Waals surface area contributed by atoms with Crippen molar-refractivity contribution in [1.82, 2.24) is 25.1 Å². The summed E-state index contributed by atoms with van der Waals surface area (Å²) in [6, 6.07) is 3.64. The van der Waals surface area contributed by atoms with E-state index in [1.165, 1.54) is 0 Å². The van der Waals surface area contributed by atoms with Crippen LogP contribution in [-0.4, -0.2) is 44.7 Å². The summed E-state index contributed by atoms with van der Waals surface area (Å²) >= 11 is 0. The number of H-pyrrole nitrogens is 1. The fourth-order valence-corrected chi connectivity index (χ4v) is 3.79. The van der Waals surface area contributed by atoms with Crippen LogP contribution in [0.5, 0.6) is 0 Å². The standard InChI is InChI=1S/C21H20N6O3/c1-11-5-14-17(25-11)7-13-12-6-16(23-9-18(12)26-21(13)29)15-8-24-27(2)19(15)10-30-4-3-22-20(14)28/h5-9,25H,3-4,10H2,1-2H3,(H,22,28)(H,26,29)/b13-7-. The Kier molecular flexibility index (Phi) is 4.25. The van der Waals surface area contributed by atoms with E-state index < -0.39 is 0 Å². The van der Waals surface area contributed by atoms with Gasteiger partial charge in [-0.1, -0.05) is 0 Å². The molecule has 0 saturated heterocycles. The Morgan fingerprint density at radius 1 is 1.10 bits per heavy atom. The van der Waals surface area contributed by atoms with Gasteiger partial charge in [0.25, 0.3) is 11.8 Å². The molecule has 0 spiro atoms. The molecule has 9 nitrogen and oxygen atoms in total. The van der Waals surface area contributed by atoms with Gasteiger partial charge >= 0.3 is 0 Å². The Labute approximate surface area is 172 Å². The number of fused-ring (bicyclic) bond motifs is 4. The van der Waals surface area contributed by atoms with Gasteiger partial charge in [-0.15, -0.1) is 0 Å². The Morgan fingerprint density at radius 3 is 2.83 bits per heavy atom. The van der Waals surface area contributed by atoms with Gasteiger partial charge in [0, 0.05) is 30.4 Å². The van der Waals surface area contributed by atoms with Crippen molar-refractivity contribution in [3.8, 4) is 11.3 Å². The van der Waals surface area contributed by atoms with E-state index in [1.807, 2.05) is 20.0 Å². The summed E-state index contributed by atoms with van der Waals surface area (Å²) in [5.41, 5.74) is 6.15. The van der Waals surface area contributed by atoms with Crippen LogP contribution in [0.1, 0.15) is 33.0 Å². The van der Waals surface area contributed by atoms with Gasteiger partial charge in [0.05, 0.1) is 59.5 Å². The highest BCUT2D eigenvalue weighted by Gasteiger charge is 2.27. The highest BCUT2D eigenvalue weighted by Crippen LogP contribution is 2.36. The molecule has 3 aromatic rings. The molecule has 0 aliphatic carbocycles. The topological polar surface area (TPSA) is 114 Å². The molecule has 5 rings (SSSR count). The number of carbonyl (C=O) groups excluding carboxylic acids is 2. The SMILES string of the molecule is Cc1cc2c([nH]1)/C=C1\C(=O)Nc3cnc(cc31)-c1cnn(C)c1COCCNC2=O. The smallest absolute Gasteiger partial charge is 0.256 e. The number of rotatable bonds is 0. The quantitative estimate of drug-likeness (QED) is 0.529. The maximum Gasteiger partial charge on any atom is 0.256 e. The largest absolute Gasteiger partial charge is 0.373 e. The van der Waals surface area contributed by atoms with Gasteiger partial charge in [0.15, 0.2) is 0 Å². The number of aromatic nitrogens is 4. The third-order valence-corrected chi connectivity index (χ3v) is 5.31. The number of hydrogen-bond acceptors (Lipinski definition) is 5. The van der Waals surface area contributed by atoms with Crippen molar-refractivity contribution in [3.63, 3.8) is 0 Å². The summed E-state index contributed by atoms with van der Waals surface area (Å²) in [5.74, 6) is -0.457. The number of aryl methyl sites for hydroxylation is 2. The molecule has 2 amide bonds. The summed E-state index contributed by atoms with van der Waals surface area (Å²) in [6.45, 7) is 2.92. The van der Waals surface area contributed by atoms with E-state index >= 15 is 0 Å². The number of nitrogens with one attached hydrogen (secondary N) is 3. The molecule has 9 heteroatoms. The predicted octanol–water partition coefficient (Wildman–Crippen LogP) is 1.87. The van der Waals surface area contributed by atoms with Crippen molar-refractivity contribution >= 4 is 29.2 Å². The molecule has 152 valence electrons. The zero-order valence-corrected chi connectivity index (χ0v) is 16.6. The van der Waals surface area contributed by atoms with E-state index in [0.29, 0.717) is 48.0 Å². The van der Waals surface area contributed by atoms with Crippen molar-refractivity contribution in [2.75, 3.05) is 18.5 Å². The lowest BCUT2D eigenvalue weighted by atomic mass is 10.0. The van der Waals surface area contributed by atoms with Gasteiger partial charge in [-0.2, -0.15) is 5.10 Å². The summed E-state index contributed by atoms with van der Waals surface area (Å²) in [5, 5.41) is 10.0. The number of pyridine rings is 1. The fourth-order valence-electron chi connectivity index (χ4n) is 3.79. The molecule has 3 aromatic heterocycles. The predicted molar refractivity (Wildman–Crippen MR) is 110 cm³/mol. The van der Waals surface area contributed by atoms with Crippen molar-refractivity contribution in [1.29, 1.82) is 0 Å². The molecule has 2 aliphatic heterocycles. The van der Waals surface area contributed by atoms with E-state index in [1.54, 1.807) is 29.2 Å². The number of anilines is 1. The molecule has 3 N–H and O–H groups in total. The van der Waals surface area contributed by atoms with Gasteiger partial charge in [0.1, 0.15) is 0 Å². The maximum atomic E-state index is 12.7. The van der Waals surface area contributed by atoms with Gasteiger partial charge in [-0.05, 0) is 25.1 Å². The molecule has 0 radical (unpaired) electrons. The number of amides is 2. The van der Waals surface area contributed by atoms with Crippen molar-refractivity contribution < 1.29 is 14.3 Å². The first-order valence-corrected chi connectivity index (χ1v) is 9.61. The molecule has 30 heavy (non-hydrogen) atoms. The van der Waals surface area contributed by atoms with E-state index in [9.17, 15) is 9.59 Å². The van der Waals surface area contributed by atoms with Gasteiger partial charge in [-0.25, -0.2) is 0 Å². The van der Waals surface area contributed by atoms with Crippen LogP contribution in [0.25, 0.3) is 22.9 Å². The van der Waals surface area contributed by atoms with Crippen molar-refractivity contribution in [2.24, 2.45) is 7.05 Å². The molecular weight excluding hydrogens is 384 g/mol. The Hall–Kier alpha value is -3.72. The number of aromatic amines is 1. The van der Waals surface area contributed by atoms with Gasteiger partial charge < -0.3 is 20.4 Å². The zero-order valence-electron chi connectivity index (χ0n) is 16.6. The third-order valence-electron chi connectivity index (χ3n) is 5.31. The molecule has 0 aromatic carbocycles.